The van der Waals surface area contributed by atoms with Gasteiger partial charge in [-0.3, -0.25) is 4.57 Å². The predicted octanol–water partition coefficient (Wildman–Crippen LogP) is 3.83. The fraction of sp³-hybridized carbons (Fsp3) is 0.714. The van der Waals surface area contributed by atoms with Crippen molar-refractivity contribution in [1.82, 2.24) is 19.3 Å². The first-order chi connectivity index (χ1) is 9.04. The number of rotatable bonds is 2. The van der Waals surface area contributed by atoms with Crippen molar-refractivity contribution in [1.29, 1.82) is 0 Å². The van der Waals surface area contributed by atoms with Crippen LogP contribution in [0.5, 0.6) is 0 Å². The molecule has 4 nitrogen and oxygen atoms in total. The molecule has 19 heavy (non-hydrogen) atoms. The number of hydrogen-bond acceptors (Lipinski definition) is 2. The molecule has 0 bridgehead atoms. The summed E-state index contributed by atoms with van der Waals surface area (Å²) in [6, 6.07) is 0.512. The molecule has 3 atom stereocenters. The number of hydrogen-bond donors (Lipinski definition) is 1. The summed E-state index contributed by atoms with van der Waals surface area (Å²) in [6.07, 6.45) is 2.51. The minimum Gasteiger partial charge on any atom is -0.328 e. The molecule has 1 N–H and O–H groups in total. The Labute approximate surface area is 118 Å². The molecule has 3 rings (SSSR count). The third kappa shape index (κ3) is 1.78. The largest absolute Gasteiger partial charge is 0.328 e. The highest BCUT2D eigenvalue weighted by Crippen LogP contribution is 2.41. The van der Waals surface area contributed by atoms with Crippen LogP contribution in [0.1, 0.15) is 45.3 Å². The highest BCUT2D eigenvalue weighted by molar-refractivity contribution is 7.71. The number of imidazole rings is 1. The average Bonchev–Trinajstić information content (AvgIpc) is 2.97. The van der Waals surface area contributed by atoms with E-state index in [1.165, 1.54) is 18.5 Å². The number of nitrogens with zero attached hydrogens (tertiary/aromatic N) is 3. The molecule has 2 aromatic heterocycles. The first-order valence-electron chi connectivity index (χ1n) is 7.22. The molecule has 5 heteroatoms. The third-order valence-corrected chi connectivity index (χ3v) is 5.13. The lowest BCUT2D eigenvalue weighted by Gasteiger charge is -2.20. The summed E-state index contributed by atoms with van der Waals surface area (Å²) < 4.78 is 5.25. The van der Waals surface area contributed by atoms with Crippen molar-refractivity contribution >= 4 is 23.4 Å². The zero-order valence-electron chi connectivity index (χ0n) is 12.1. The molecule has 0 aromatic carbocycles. The summed E-state index contributed by atoms with van der Waals surface area (Å²) in [5.41, 5.74) is 3.33. The monoisotopic (exact) mass is 278 g/mol. The first kappa shape index (κ1) is 12.9. The van der Waals surface area contributed by atoms with Crippen LogP contribution >= 0.6 is 12.2 Å². The van der Waals surface area contributed by atoms with Crippen molar-refractivity contribution in [3.05, 3.63) is 10.5 Å². The van der Waals surface area contributed by atoms with E-state index in [1.54, 1.807) is 0 Å². The SMILES string of the molecule is CCn1nc(C)c2[nH]c(=S)n(C3CCC(C)C3C)c21. The lowest BCUT2D eigenvalue weighted by molar-refractivity contribution is 0.352. The van der Waals surface area contributed by atoms with E-state index in [4.69, 9.17) is 12.2 Å². The van der Waals surface area contributed by atoms with E-state index in [0.717, 1.165) is 28.4 Å². The van der Waals surface area contributed by atoms with Crippen molar-refractivity contribution in [3.63, 3.8) is 0 Å². The molecule has 104 valence electrons. The van der Waals surface area contributed by atoms with Crippen LogP contribution in [0.25, 0.3) is 11.2 Å². The quantitative estimate of drug-likeness (QED) is 0.848. The van der Waals surface area contributed by atoms with Gasteiger partial charge in [-0.1, -0.05) is 13.8 Å². The highest BCUT2D eigenvalue weighted by Gasteiger charge is 2.33. The number of nitrogens with one attached hydrogen (secondary N) is 1. The Hall–Kier alpha value is -1.10. The Morgan fingerprint density at radius 3 is 2.68 bits per heavy atom. The van der Waals surface area contributed by atoms with Gasteiger partial charge in [0.05, 0.1) is 5.69 Å². The molecule has 3 unspecified atom stereocenters. The highest BCUT2D eigenvalue weighted by atomic mass is 32.1. The van der Waals surface area contributed by atoms with Gasteiger partial charge in [-0.25, -0.2) is 4.68 Å². The van der Waals surface area contributed by atoms with Crippen molar-refractivity contribution in [3.8, 4) is 0 Å². The second-order valence-corrected chi connectivity index (χ2v) is 6.27. The summed E-state index contributed by atoms with van der Waals surface area (Å²) >= 11 is 5.57. The van der Waals surface area contributed by atoms with Gasteiger partial charge in [0, 0.05) is 12.6 Å². The van der Waals surface area contributed by atoms with Crippen LogP contribution in [0.3, 0.4) is 0 Å². The predicted molar refractivity (Wildman–Crippen MR) is 79.9 cm³/mol. The van der Waals surface area contributed by atoms with Gasteiger partial charge in [0.1, 0.15) is 5.52 Å². The molecule has 2 heterocycles. The first-order valence-corrected chi connectivity index (χ1v) is 7.63. The molecule has 1 aliphatic carbocycles. The molecule has 2 aromatic rings. The molecule has 0 spiro atoms. The molecular formula is C14H22N4S. The fourth-order valence-corrected chi connectivity index (χ4v) is 3.78. The van der Waals surface area contributed by atoms with Crippen LogP contribution in [0.2, 0.25) is 0 Å². The topological polar surface area (TPSA) is 38.5 Å². The van der Waals surface area contributed by atoms with Gasteiger partial charge in [-0.2, -0.15) is 5.10 Å². The minimum atomic E-state index is 0.512. The number of H-pyrrole nitrogens is 1. The van der Waals surface area contributed by atoms with Crippen molar-refractivity contribution in [2.24, 2.45) is 11.8 Å². The van der Waals surface area contributed by atoms with Gasteiger partial charge in [0.25, 0.3) is 0 Å². The van der Waals surface area contributed by atoms with E-state index in [0.29, 0.717) is 12.0 Å². The lowest BCUT2D eigenvalue weighted by Crippen LogP contribution is -2.16. The Morgan fingerprint density at radius 2 is 2.11 bits per heavy atom. The molecule has 0 saturated heterocycles. The standard InChI is InChI=1S/C14H22N4S/c1-5-17-13-12(10(4)16-17)15-14(19)18(13)11-7-6-8(2)9(11)3/h8-9,11H,5-7H2,1-4H3,(H,15,19). The van der Waals surface area contributed by atoms with Crippen LogP contribution in [0, 0.1) is 23.5 Å². The maximum Gasteiger partial charge on any atom is 0.179 e. The minimum absolute atomic E-state index is 0.512. The van der Waals surface area contributed by atoms with Gasteiger partial charge in [0.2, 0.25) is 0 Å². The second kappa shape index (κ2) is 4.47. The van der Waals surface area contributed by atoms with Gasteiger partial charge in [0.15, 0.2) is 10.4 Å². The molecule has 0 aliphatic heterocycles. The van der Waals surface area contributed by atoms with Crippen LogP contribution < -0.4 is 0 Å². The van der Waals surface area contributed by atoms with Crippen LogP contribution in [-0.4, -0.2) is 19.3 Å². The zero-order chi connectivity index (χ0) is 13.7. The van der Waals surface area contributed by atoms with Crippen LogP contribution in [-0.2, 0) is 6.54 Å². The van der Waals surface area contributed by atoms with E-state index in [9.17, 15) is 0 Å². The maximum atomic E-state index is 5.57. The molecule has 1 saturated carbocycles. The van der Waals surface area contributed by atoms with Crippen molar-refractivity contribution < 1.29 is 0 Å². The normalized spacial score (nSPS) is 27.5. The molecule has 1 aliphatic rings. The lowest BCUT2D eigenvalue weighted by atomic mass is 9.98. The smallest absolute Gasteiger partial charge is 0.179 e. The summed E-state index contributed by atoms with van der Waals surface area (Å²) in [7, 11) is 0. The van der Waals surface area contributed by atoms with Gasteiger partial charge >= 0.3 is 0 Å². The number of aromatic amines is 1. The average molecular weight is 278 g/mol. The third-order valence-electron chi connectivity index (χ3n) is 4.83. The number of aryl methyl sites for hydroxylation is 2. The second-order valence-electron chi connectivity index (χ2n) is 5.88. The van der Waals surface area contributed by atoms with Crippen LogP contribution in [0.4, 0.5) is 0 Å². The number of aromatic nitrogens is 4. The fourth-order valence-electron chi connectivity index (χ4n) is 3.45. The summed E-state index contributed by atoms with van der Waals surface area (Å²) in [4.78, 5) is 3.36. The Morgan fingerprint density at radius 1 is 1.37 bits per heavy atom. The molecular weight excluding hydrogens is 256 g/mol. The van der Waals surface area contributed by atoms with Gasteiger partial charge in [-0.15, -0.1) is 0 Å². The van der Waals surface area contributed by atoms with Crippen molar-refractivity contribution in [2.75, 3.05) is 0 Å². The van der Waals surface area contributed by atoms with E-state index < -0.39 is 0 Å². The zero-order valence-corrected chi connectivity index (χ0v) is 12.9. The maximum absolute atomic E-state index is 5.57. The summed E-state index contributed by atoms with van der Waals surface area (Å²) in [5.74, 6) is 1.45. The van der Waals surface area contributed by atoms with Crippen molar-refractivity contribution in [2.45, 2.75) is 53.1 Å². The van der Waals surface area contributed by atoms with Gasteiger partial charge in [-0.05, 0) is 50.7 Å². The van der Waals surface area contributed by atoms with E-state index in [2.05, 4.69) is 40.1 Å². The molecule has 0 amide bonds. The Balaban J connectivity index is 2.23. The molecule has 1 fully saturated rings. The van der Waals surface area contributed by atoms with Crippen LogP contribution in [0.15, 0.2) is 0 Å². The van der Waals surface area contributed by atoms with E-state index >= 15 is 0 Å². The van der Waals surface area contributed by atoms with E-state index in [-0.39, 0.29) is 0 Å². The summed E-state index contributed by atoms with van der Waals surface area (Å²) in [6.45, 7) is 9.76. The Bertz CT molecular complexity index is 663. The Kier molecular flexibility index (Phi) is 3.04. The van der Waals surface area contributed by atoms with E-state index in [1.807, 2.05) is 6.92 Å². The number of fused-ring (bicyclic) bond motifs is 1. The summed E-state index contributed by atoms with van der Waals surface area (Å²) in [5, 5.41) is 4.60. The van der Waals surface area contributed by atoms with Gasteiger partial charge < -0.3 is 4.98 Å². The molecule has 0 radical (unpaired) electrons.